The average Bonchev–Trinajstić information content (AvgIpc) is 2.85. The van der Waals surface area contributed by atoms with Gasteiger partial charge in [0.05, 0.1) is 0 Å². The molecule has 0 radical (unpaired) electrons. The minimum atomic E-state index is 0.894. The van der Waals surface area contributed by atoms with Crippen molar-refractivity contribution >= 4 is 11.8 Å². The highest BCUT2D eigenvalue weighted by atomic mass is 32.2. The van der Waals surface area contributed by atoms with Crippen LogP contribution >= 0.6 is 11.8 Å². The highest BCUT2D eigenvalue weighted by molar-refractivity contribution is 7.99. The van der Waals surface area contributed by atoms with E-state index in [9.17, 15) is 0 Å². The van der Waals surface area contributed by atoms with Crippen molar-refractivity contribution < 1.29 is 0 Å². The topological polar surface area (TPSA) is 48.1 Å². The first-order chi connectivity index (χ1) is 8.78. The lowest BCUT2D eigenvalue weighted by molar-refractivity contribution is 0.154. The number of thioether (sulfide) groups is 1. The van der Waals surface area contributed by atoms with Gasteiger partial charge in [-0.1, -0.05) is 18.7 Å². The number of likely N-dealkylation sites (N-methyl/N-ethyl adjacent to an activating group) is 1. The van der Waals surface area contributed by atoms with Crippen molar-refractivity contribution in [2.75, 3.05) is 45.5 Å². The van der Waals surface area contributed by atoms with E-state index in [1.54, 1.807) is 11.8 Å². The minimum Gasteiger partial charge on any atom is -0.304 e. The van der Waals surface area contributed by atoms with Gasteiger partial charge in [-0.25, -0.2) is 4.98 Å². The Hall–Kier alpha value is -0.590. The van der Waals surface area contributed by atoms with E-state index >= 15 is 0 Å². The van der Waals surface area contributed by atoms with Crippen LogP contribution in [-0.4, -0.2) is 70.5 Å². The van der Waals surface area contributed by atoms with Crippen molar-refractivity contribution in [3.63, 3.8) is 0 Å². The number of aryl methyl sites for hydroxylation is 1. The van der Waals surface area contributed by atoms with Crippen molar-refractivity contribution in [1.82, 2.24) is 25.0 Å². The molecule has 0 saturated carbocycles. The fourth-order valence-corrected chi connectivity index (χ4v) is 2.76. The highest BCUT2D eigenvalue weighted by Crippen LogP contribution is 2.14. The Morgan fingerprint density at radius 1 is 1.28 bits per heavy atom. The number of nitrogens with one attached hydrogen (secondary N) is 1. The standard InChI is InChI=1S/C12H23N5S/c1-3-11-13-12(15-14-11)18-10-4-5-17-8-6-16(2)7-9-17/h3-10H2,1-2H3,(H,13,14,15). The monoisotopic (exact) mass is 269 g/mol. The normalized spacial score (nSPS) is 18.3. The lowest BCUT2D eigenvalue weighted by Gasteiger charge is -2.32. The van der Waals surface area contributed by atoms with Gasteiger partial charge in [-0.15, -0.1) is 5.10 Å². The number of nitrogens with zero attached hydrogens (tertiary/aromatic N) is 4. The molecular formula is C12H23N5S. The lowest BCUT2D eigenvalue weighted by Crippen LogP contribution is -2.44. The predicted octanol–water partition coefficient (Wildman–Crippen LogP) is 1.10. The van der Waals surface area contributed by atoms with E-state index in [0.717, 1.165) is 23.2 Å². The Morgan fingerprint density at radius 2 is 2.06 bits per heavy atom. The molecule has 2 heterocycles. The first kappa shape index (κ1) is 13.8. The van der Waals surface area contributed by atoms with Crippen molar-refractivity contribution in [2.45, 2.75) is 24.9 Å². The van der Waals surface area contributed by atoms with Gasteiger partial charge in [-0.05, 0) is 20.0 Å². The summed E-state index contributed by atoms with van der Waals surface area (Å²) in [6.45, 7) is 8.11. The second-order valence-corrected chi connectivity index (χ2v) is 5.83. The van der Waals surface area contributed by atoms with Gasteiger partial charge >= 0.3 is 0 Å². The van der Waals surface area contributed by atoms with Crippen molar-refractivity contribution in [3.05, 3.63) is 5.82 Å². The van der Waals surface area contributed by atoms with Gasteiger partial charge in [0.15, 0.2) is 0 Å². The van der Waals surface area contributed by atoms with Gasteiger partial charge in [0, 0.05) is 38.4 Å². The van der Waals surface area contributed by atoms with Crippen LogP contribution in [0.4, 0.5) is 0 Å². The molecule has 0 aliphatic carbocycles. The fourth-order valence-electron chi connectivity index (χ4n) is 2.02. The largest absolute Gasteiger partial charge is 0.304 e. The van der Waals surface area contributed by atoms with E-state index in [-0.39, 0.29) is 0 Å². The molecule has 6 heteroatoms. The van der Waals surface area contributed by atoms with Crippen LogP contribution in [0.3, 0.4) is 0 Å². The molecule has 0 unspecified atom stereocenters. The van der Waals surface area contributed by atoms with Crippen LogP contribution in [0.5, 0.6) is 0 Å². The number of hydrogen-bond acceptors (Lipinski definition) is 5. The number of H-pyrrole nitrogens is 1. The zero-order chi connectivity index (χ0) is 12.8. The summed E-state index contributed by atoms with van der Waals surface area (Å²) in [4.78, 5) is 9.34. The van der Waals surface area contributed by atoms with Crippen LogP contribution in [0.25, 0.3) is 0 Å². The summed E-state index contributed by atoms with van der Waals surface area (Å²) in [5, 5.41) is 8.03. The van der Waals surface area contributed by atoms with E-state index in [0.29, 0.717) is 0 Å². The molecule has 0 bridgehead atoms. The molecule has 0 aromatic carbocycles. The second-order valence-electron chi connectivity index (χ2n) is 4.77. The van der Waals surface area contributed by atoms with Crippen LogP contribution < -0.4 is 0 Å². The van der Waals surface area contributed by atoms with Crippen LogP contribution in [0.15, 0.2) is 5.16 Å². The number of hydrogen-bond donors (Lipinski definition) is 1. The Kier molecular flexibility index (Phi) is 5.46. The SMILES string of the molecule is CCc1nc(SCCCN2CCN(C)CC2)n[nH]1. The summed E-state index contributed by atoms with van der Waals surface area (Å²) in [6.07, 6.45) is 2.14. The molecule has 1 aromatic rings. The molecule has 18 heavy (non-hydrogen) atoms. The summed E-state index contributed by atoms with van der Waals surface area (Å²) in [6, 6.07) is 0. The molecule has 0 spiro atoms. The predicted molar refractivity (Wildman–Crippen MR) is 75.0 cm³/mol. The molecule has 1 saturated heterocycles. The Balaban J connectivity index is 1.58. The van der Waals surface area contributed by atoms with E-state index in [1.165, 1.54) is 39.1 Å². The molecule has 102 valence electrons. The van der Waals surface area contributed by atoms with Crippen LogP contribution in [0.2, 0.25) is 0 Å². The number of aromatic nitrogens is 3. The fraction of sp³-hybridized carbons (Fsp3) is 0.833. The molecule has 0 amide bonds. The molecule has 1 aliphatic heterocycles. The molecule has 0 atom stereocenters. The maximum Gasteiger partial charge on any atom is 0.208 e. The molecule has 2 rings (SSSR count). The summed E-state index contributed by atoms with van der Waals surface area (Å²) >= 11 is 1.76. The third-order valence-electron chi connectivity index (χ3n) is 3.29. The number of rotatable bonds is 6. The molecule has 1 fully saturated rings. The molecule has 1 N–H and O–H groups in total. The van der Waals surface area contributed by atoms with Crippen molar-refractivity contribution in [2.24, 2.45) is 0 Å². The molecule has 5 nitrogen and oxygen atoms in total. The van der Waals surface area contributed by atoms with Gasteiger partial charge in [0.2, 0.25) is 5.16 Å². The van der Waals surface area contributed by atoms with E-state index in [1.807, 2.05) is 0 Å². The summed E-state index contributed by atoms with van der Waals surface area (Å²) in [5.74, 6) is 2.09. The first-order valence-corrected chi connectivity index (χ1v) is 7.71. The van der Waals surface area contributed by atoms with Crippen LogP contribution in [0, 0.1) is 0 Å². The zero-order valence-electron chi connectivity index (χ0n) is 11.4. The smallest absolute Gasteiger partial charge is 0.208 e. The minimum absolute atomic E-state index is 0.894. The van der Waals surface area contributed by atoms with E-state index in [2.05, 4.69) is 39.0 Å². The second kappa shape index (κ2) is 7.11. The zero-order valence-corrected chi connectivity index (χ0v) is 12.2. The average molecular weight is 269 g/mol. The molecule has 1 aliphatic rings. The molecule has 1 aromatic heterocycles. The Morgan fingerprint density at radius 3 is 2.72 bits per heavy atom. The Labute approximate surface area is 113 Å². The maximum absolute atomic E-state index is 4.40. The highest BCUT2D eigenvalue weighted by Gasteiger charge is 2.12. The Bertz CT molecular complexity index is 346. The van der Waals surface area contributed by atoms with E-state index in [4.69, 9.17) is 0 Å². The van der Waals surface area contributed by atoms with Gasteiger partial charge in [0.25, 0.3) is 0 Å². The van der Waals surface area contributed by atoms with Gasteiger partial charge in [0.1, 0.15) is 5.82 Å². The van der Waals surface area contributed by atoms with Crippen molar-refractivity contribution in [1.29, 1.82) is 0 Å². The first-order valence-electron chi connectivity index (χ1n) is 6.73. The van der Waals surface area contributed by atoms with Gasteiger partial charge in [-0.2, -0.15) is 0 Å². The van der Waals surface area contributed by atoms with Crippen LogP contribution in [-0.2, 0) is 6.42 Å². The van der Waals surface area contributed by atoms with Crippen LogP contribution in [0.1, 0.15) is 19.2 Å². The van der Waals surface area contributed by atoms with E-state index < -0.39 is 0 Å². The van der Waals surface area contributed by atoms with Gasteiger partial charge in [-0.3, -0.25) is 5.10 Å². The van der Waals surface area contributed by atoms with Gasteiger partial charge < -0.3 is 9.80 Å². The summed E-state index contributed by atoms with van der Waals surface area (Å²) < 4.78 is 0. The lowest BCUT2D eigenvalue weighted by atomic mass is 10.3. The summed E-state index contributed by atoms with van der Waals surface area (Å²) in [5.41, 5.74) is 0. The number of aromatic amines is 1. The maximum atomic E-state index is 4.40. The third-order valence-corrected chi connectivity index (χ3v) is 4.23. The third kappa shape index (κ3) is 4.26. The quantitative estimate of drug-likeness (QED) is 0.619. The van der Waals surface area contributed by atoms with Crippen molar-refractivity contribution in [3.8, 4) is 0 Å². The summed E-state index contributed by atoms with van der Waals surface area (Å²) in [7, 11) is 2.20. The number of piperazine rings is 1. The molecular weight excluding hydrogens is 246 g/mol.